The highest BCUT2D eigenvalue weighted by molar-refractivity contribution is 4.74. The first-order valence-electron chi connectivity index (χ1n) is 7.24. The highest BCUT2D eigenvalue weighted by Crippen LogP contribution is 2.15. The van der Waals surface area contributed by atoms with Gasteiger partial charge in [-0.1, -0.05) is 26.7 Å². The number of hydrogen-bond donors (Lipinski definition) is 2. The van der Waals surface area contributed by atoms with Gasteiger partial charge < -0.3 is 15.3 Å². The Kier molecular flexibility index (Phi) is 7.09. The van der Waals surface area contributed by atoms with Crippen molar-refractivity contribution in [1.82, 2.24) is 10.2 Å². The summed E-state index contributed by atoms with van der Waals surface area (Å²) < 4.78 is 0. The first-order valence-corrected chi connectivity index (χ1v) is 7.24. The van der Waals surface area contributed by atoms with Crippen LogP contribution in [-0.2, 0) is 0 Å². The second kappa shape index (κ2) is 8.06. The molecule has 0 saturated carbocycles. The quantitative estimate of drug-likeness (QED) is 0.713. The van der Waals surface area contributed by atoms with Crippen LogP contribution in [0.5, 0.6) is 0 Å². The summed E-state index contributed by atoms with van der Waals surface area (Å²) in [6, 6.07) is 0. The Morgan fingerprint density at radius 2 is 1.82 bits per heavy atom. The van der Waals surface area contributed by atoms with Crippen LogP contribution in [-0.4, -0.2) is 49.3 Å². The number of aliphatic hydroxyl groups excluding tert-OH is 1. The maximum atomic E-state index is 10.0. The molecule has 1 rings (SSSR count). The smallest absolute Gasteiger partial charge is 0.0692 e. The highest BCUT2D eigenvalue weighted by atomic mass is 16.3. The van der Waals surface area contributed by atoms with E-state index in [1.165, 1.54) is 25.9 Å². The van der Waals surface area contributed by atoms with E-state index < -0.39 is 0 Å². The molecule has 1 aliphatic rings. The van der Waals surface area contributed by atoms with Gasteiger partial charge in [0.05, 0.1) is 6.10 Å². The second-order valence-electron chi connectivity index (χ2n) is 5.55. The first-order chi connectivity index (χ1) is 8.17. The normalized spacial score (nSPS) is 21.0. The van der Waals surface area contributed by atoms with Gasteiger partial charge in [-0.05, 0) is 51.4 Å². The van der Waals surface area contributed by atoms with Gasteiger partial charge >= 0.3 is 0 Å². The molecule has 1 aliphatic heterocycles. The number of aliphatic hydroxyl groups is 1. The number of piperidine rings is 1. The molecular weight excluding hydrogens is 212 g/mol. The molecule has 0 radical (unpaired) electrons. The predicted molar refractivity (Wildman–Crippen MR) is 73.2 cm³/mol. The molecule has 1 fully saturated rings. The van der Waals surface area contributed by atoms with Crippen LogP contribution in [0.25, 0.3) is 0 Å². The van der Waals surface area contributed by atoms with E-state index in [0.717, 1.165) is 31.8 Å². The molecule has 1 saturated heterocycles. The van der Waals surface area contributed by atoms with Crippen LogP contribution in [0.2, 0.25) is 0 Å². The van der Waals surface area contributed by atoms with Crippen molar-refractivity contribution in [2.45, 2.75) is 45.6 Å². The van der Waals surface area contributed by atoms with Crippen molar-refractivity contribution in [2.24, 2.45) is 11.8 Å². The van der Waals surface area contributed by atoms with Crippen LogP contribution in [0.4, 0.5) is 0 Å². The van der Waals surface area contributed by atoms with E-state index in [1.54, 1.807) is 0 Å². The van der Waals surface area contributed by atoms with Gasteiger partial charge in [0.1, 0.15) is 0 Å². The Hall–Kier alpha value is -0.120. The van der Waals surface area contributed by atoms with Crippen LogP contribution < -0.4 is 5.32 Å². The third-order valence-electron chi connectivity index (χ3n) is 4.22. The van der Waals surface area contributed by atoms with Crippen LogP contribution in [0.1, 0.15) is 39.5 Å². The lowest BCUT2D eigenvalue weighted by molar-refractivity contribution is 0.0987. The van der Waals surface area contributed by atoms with Crippen molar-refractivity contribution in [2.75, 3.05) is 33.2 Å². The Morgan fingerprint density at radius 3 is 2.35 bits per heavy atom. The molecule has 3 heteroatoms. The van der Waals surface area contributed by atoms with Gasteiger partial charge in [0.2, 0.25) is 0 Å². The largest absolute Gasteiger partial charge is 0.392 e. The molecule has 2 N–H and O–H groups in total. The molecule has 0 aliphatic carbocycles. The Morgan fingerprint density at radius 1 is 1.24 bits per heavy atom. The van der Waals surface area contributed by atoms with Gasteiger partial charge in [0.15, 0.2) is 0 Å². The number of rotatable bonds is 7. The number of nitrogens with one attached hydrogen (secondary N) is 1. The zero-order chi connectivity index (χ0) is 12.7. The fourth-order valence-corrected chi connectivity index (χ4v) is 2.70. The minimum Gasteiger partial charge on any atom is -0.392 e. The second-order valence-corrected chi connectivity index (χ2v) is 5.55. The van der Waals surface area contributed by atoms with Crippen LogP contribution >= 0.6 is 0 Å². The highest BCUT2D eigenvalue weighted by Gasteiger charge is 2.18. The van der Waals surface area contributed by atoms with Crippen molar-refractivity contribution >= 4 is 0 Å². The fourth-order valence-electron chi connectivity index (χ4n) is 2.70. The van der Waals surface area contributed by atoms with E-state index in [-0.39, 0.29) is 6.10 Å². The standard InChI is InChI=1S/C14H30N2O/c1-4-13(5-2)14(17)11-15-10-12-6-8-16(3)9-7-12/h12-15,17H,4-11H2,1-3H3. The zero-order valence-corrected chi connectivity index (χ0v) is 11.8. The Labute approximate surface area is 107 Å². The first kappa shape index (κ1) is 14.9. The van der Waals surface area contributed by atoms with E-state index in [9.17, 15) is 5.11 Å². The number of nitrogens with zero attached hydrogens (tertiary/aromatic N) is 1. The summed E-state index contributed by atoms with van der Waals surface area (Å²) in [6.45, 7) is 8.61. The minimum atomic E-state index is -0.170. The van der Waals surface area contributed by atoms with Gasteiger partial charge in [-0.3, -0.25) is 0 Å². The van der Waals surface area contributed by atoms with Crippen LogP contribution in [0.15, 0.2) is 0 Å². The maximum Gasteiger partial charge on any atom is 0.0692 e. The molecule has 0 amide bonds. The van der Waals surface area contributed by atoms with Crippen LogP contribution in [0.3, 0.4) is 0 Å². The third kappa shape index (κ3) is 5.36. The van der Waals surface area contributed by atoms with Gasteiger partial charge in [0.25, 0.3) is 0 Å². The minimum absolute atomic E-state index is 0.170. The van der Waals surface area contributed by atoms with E-state index >= 15 is 0 Å². The van der Waals surface area contributed by atoms with Crippen molar-refractivity contribution in [3.8, 4) is 0 Å². The monoisotopic (exact) mass is 242 g/mol. The van der Waals surface area contributed by atoms with E-state index in [0.29, 0.717) is 5.92 Å². The summed E-state index contributed by atoms with van der Waals surface area (Å²) in [5.41, 5.74) is 0. The third-order valence-corrected chi connectivity index (χ3v) is 4.22. The molecule has 1 heterocycles. The van der Waals surface area contributed by atoms with Crippen molar-refractivity contribution < 1.29 is 5.11 Å². The molecule has 0 aromatic heterocycles. The SMILES string of the molecule is CCC(CC)C(O)CNCC1CCN(C)CC1. The molecule has 3 nitrogen and oxygen atoms in total. The number of likely N-dealkylation sites (tertiary alicyclic amines) is 1. The molecule has 1 unspecified atom stereocenters. The molecule has 0 aromatic rings. The van der Waals surface area contributed by atoms with Gasteiger partial charge in [-0.2, -0.15) is 0 Å². The van der Waals surface area contributed by atoms with Gasteiger partial charge in [0, 0.05) is 6.54 Å². The number of hydrogen-bond acceptors (Lipinski definition) is 3. The van der Waals surface area contributed by atoms with Crippen molar-refractivity contribution in [3.05, 3.63) is 0 Å². The summed E-state index contributed by atoms with van der Waals surface area (Å²) in [5.74, 6) is 1.26. The molecule has 17 heavy (non-hydrogen) atoms. The summed E-state index contributed by atoms with van der Waals surface area (Å²) in [6.07, 6.45) is 4.58. The van der Waals surface area contributed by atoms with E-state index in [4.69, 9.17) is 0 Å². The molecular formula is C14H30N2O. The lowest BCUT2D eigenvalue weighted by Crippen LogP contribution is -2.38. The molecule has 0 aromatic carbocycles. The molecule has 1 atom stereocenters. The lowest BCUT2D eigenvalue weighted by atomic mass is 9.95. The van der Waals surface area contributed by atoms with Crippen molar-refractivity contribution in [3.63, 3.8) is 0 Å². The Bertz CT molecular complexity index is 187. The summed E-state index contributed by atoms with van der Waals surface area (Å²) in [4.78, 5) is 2.40. The van der Waals surface area contributed by atoms with Crippen LogP contribution in [0, 0.1) is 11.8 Å². The molecule has 0 bridgehead atoms. The zero-order valence-electron chi connectivity index (χ0n) is 11.8. The average Bonchev–Trinajstić information content (AvgIpc) is 2.33. The molecule has 0 spiro atoms. The predicted octanol–water partition coefficient (Wildman–Crippen LogP) is 1.71. The van der Waals surface area contributed by atoms with Gasteiger partial charge in [-0.25, -0.2) is 0 Å². The topological polar surface area (TPSA) is 35.5 Å². The van der Waals surface area contributed by atoms with E-state index in [1.807, 2.05) is 0 Å². The average molecular weight is 242 g/mol. The molecule has 102 valence electrons. The fraction of sp³-hybridized carbons (Fsp3) is 1.00. The van der Waals surface area contributed by atoms with Crippen molar-refractivity contribution in [1.29, 1.82) is 0 Å². The Balaban J connectivity index is 2.10. The maximum absolute atomic E-state index is 10.0. The summed E-state index contributed by atoms with van der Waals surface area (Å²) >= 11 is 0. The van der Waals surface area contributed by atoms with E-state index in [2.05, 4.69) is 31.1 Å². The summed E-state index contributed by atoms with van der Waals surface area (Å²) in [7, 11) is 2.19. The summed E-state index contributed by atoms with van der Waals surface area (Å²) in [5, 5.41) is 13.5. The lowest BCUT2D eigenvalue weighted by Gasteiger charge is -2.29. The van der Waals surface area contributed by atoms with Gasteiger partial charge in [-0.15, -0.1) is 0 Å².